The Balaban J connectivity index is 1.44. The standard InChI is InChI=1S/C42H33N3/c1-2-11-32(28-44)35-24-23-34(37-15-8-9-16-38(35)37)30-18-21-36-31(27-30)19-22-40-39-20-17-29(12-5-4-10-25-43)26-41(39)45(42(36)40)33-13-6-3-7-14-33/h2-11,13-28,44H,1,12,43H2/b5-4-,25-10-,32-11+,44-28?. The van der Waals surface area contributed by atoms with E-state index in [2.05, 4.69) is 132 Å². The first-order chi connectivity index (χ1) is 22.2. The molecule has 0 fully saturated rings. The molecule has 45 heavy (non-hydrogen) atoms. The summed E-state index contributed by atoms with van der Waals surface area (Å²) in [6.07, 6.45) is 13.4. The van der Waals surface area contributed by atoms with E-state index in [1.165, 1.54) is 49.9 Å². The highest BCUT2D eigenvalue weighted by molar-refractivity contribution is 6.20. The lowest BCUT2D eigenvalue weighted by molar-refractivity contribution is 1.18. The van der Waals surface area contributed by atoms with Crippen LogP contribution in [0.3, 0.4) is 0 Å². The SMILES string of the molecule is C=C/C=C(\C=N)c1ccc(-c2ccc3c(ccc4c5ccc(C/C=C\C=C/N)cc5n(-c5ccccc5)c34)c2)c2ccccc12. The van der Waals surface area contributed by atoms with Crippen molar-refractivity contribution in [1.82, 2.24) is 4.57 Å². The molecule has 0 spiro atoms. The van der Waals surface area contributed by atoms with Gasteiger partial charge < -0.3 is 15.7 Å². The fourth-order valence-electron chi connectivity index (χ4n) is 6.51. The predicted molar refractivity (Wildman–Crippen MR) is 194 cm³/mol. The topological polar surface area (TPSA) is 54.8 Å². The monoisotopic (exact) mass is 579 g/mol. The van der Waals surface area contributed by atoms with Crippen molar-refractivity contribution >= 4 is 55.1 Å². The number of aromatic nitrogens is 1. The number of hydrogen-bond donors (Lipinski definition) is 2. The van der Waals surface area contributed by atoms with Crippen molar-refractivity contribution in [2.24, 2.45) is 5.73 Å². The van der Waals surface area contributed by atoms with Gasteiger partial charge in [-0.3, -0.25) is 0 Å². The van der Waals surface area contributed by atoms with Crippen LogP contribution in [-0.4, -0.2) is 10.8 Å². The molecule has 3 N–H and O–H groups in total. The van der Waals surface area contributed by atoms with Gasteiger partial charge in [-0.05, 0) is 86.9 Å². The van der Waals surface area contributed by atoms with Gasteiger partial charge in [0.05, 0.1) is 11.0 Å². The predicted octanol–water partition coefficient (Wildman–Crippen LogP) is 10.5. The van der Waals surface area contributed by atoms with Gasteiger partial charge in [0.1, 0.15) is 0 Å². The van der Waals surface area contributed by atoms with Crippen molar-refractivity contribution in [3.63, 3.8) is 0 Å². The quantitative estimate of drug-likeness (QED) is 0.137. The highest BCUT2D eigenvalue weighted by Crippen LogP contribution is 2.40. The normalized spacial score (nSPS) is 12.3. The number of nitrogens with zero attached hydrogens (tertiary/aromatic N) is 1. The molecule has 0 aliphatic heterocycles. The molecule has 0 saturated heterocycles. The minimum absolute atomic E-state index is 0.831. The van der Waals surface area contributed by atoms with Crippen molar-refractivity contribution in [3.8, 4) is 16.8 Å². The lowest BCUT2D eigenvalue weighted by atomic mass is 9.91. The van der Waals surface area contributed by atoms with Crippen LogP contribution in [0.5, 0.6) is 0 Å². The smallest absolute Gasteiger partial charge is 0.0619 e. The summed E-state index contributed by atoms with van der Waals surface area (Å²) >= 11 is 0. The largest absolute Gasteiger partial charge is 0.405 e. The molecular formula is C42H33N3. The third kappa shape index (κ3) is 4.95. The van der Waals surface area contributed by atoms with E-state index in [0.29, 0.717) is 0 Å². The van der Waals surface area contributed by atoms with Gasteiger partial charge in [-0.25, -0.2) is 0 Å². The molecule has 7 rings (SSSR count). The second-order valence-corrected chi connectivity index (χ2v) is 11.1. The van der Waals surface area contributed by atoms with Gasteiger partial charge in [0.25, 0.3) is 0 Å². The van der Waals surface area contributed by atoms with Gasteiger partial charge in [-0.2, -0.15) is 0 Å². The highest BCUT2D eigenvalue weighted by Gasteiger charge is 2.17. The van der Waals surface area contributed by atoms with Crippen LogP contribution in [0.15, 0.2) is 158 Å². The molecule has 0 aliphatic carbocycles. The molecule has 0 saturated carbocycles. The molecule has 3 heteroatoms. The summed E-state index contributed by atoms with van der Waals surface area (Å²) in [5.74, 6) is 0. The van der Waals surface area contributed by atoms with E-state index >= 15 is 0 Å². The molecule has 1 heterocycles. The van der Waals surface area contributed by atoms with Crippen LogP contribution in [0.2, 0.25) is 0 Å². The molecule has 0 amide bonds. The lowest BCUT2D eigenvalue weighted by Gasteiger charge is -2.14. The Kier molecular flexibility index (Phi) is 7.42. The Morgan fingerprint density at radius 1 is 0.733 bits per heavy atom. The van der Waals surface area contributed by atoms with Crippen LogP contribution in [0.1, 0.15) is 11.1 Å². The highest BCUT2D eigenvalue weighted by atomic mass is 15.0. The molecule has 0 radical (unpaired) electrons. The van der Waals surface area contributed by atoms with Crippen molar-refractivity contribution in [3.05, 3.63) is 170 Å². The molecule has 7 aromatic rings. The molecule has 0 aliphatic rings. The number of hydrogen-bond acceptors (Lipinski definition) is 2. The van der Waals surface area contributed by atoms with Crippen molar-refractivity contribution in [2.75, 3.05) is 0 Å². The summed E-state index contributed by atoms with van der Waals surface area (Å²) in [7, 11) is 0. The van der Waals surface area contributed by atoms with E-state index in [4.69, 9.17) is 11.1 Å². The Morgan fingerprint density at radius 2 is 1.51 bits per heavy atom. The average Bonchev–Trinajstić information content (AvgIpc) is 3.43. The minimum atomic E-state index is 0.831. The number of nitrogens with two attached hydrogens (primary N) is 1. The van der Waals surface area contributed by atoms with Crippen LogP contribution in [-0.2, 0) is 6.42 Å². The van der Waals surface area contributed by atoms with E-state index in [1.807, 2.05) is 18.2 Å². The first kappa shape index (κ1) is 27.9. The van der Waals surface area contributed by atoms with E-state index in [1.54, 1.807) is 12.3 Å². The van der Waals surface area contributed by atoms with Gasteiger partial charge >= 0.3 is 0 Å². The summed E-state index contributed by atoms with van der Waals surface area (Å²) in [6.45, 7) is 3.84. The molecule has 0 unspecified atom stereocenters. The number of fused-ring (bicyclic) bond motifs is 6. The fourth-order valence-corrected chi connectivity index (χ4v) is 6.51. The molecule has 6 aromatic carbocycles. The summed E-state index contributed by atoms with van der Waals surface area (Å²) in [5.41, 5.74) is 14.5. The lowest BCUT2D eigenvalue weighted by Crippen LogP contribution is -1.95. The first-order valence-electron chi connectivity index (χ1n) is 15.2. The van der Waals surface area contributed by atoms with Gasteiger partial charge in [0, 0.05) is 28.1 Å². The maximum absolute atomic E-state index is 7.97. The van der Waals surface area contributed by atoms with Crippen molar-refractivity contribution in [1.29, 1.82) is 5.41 Å². The van der Waals surface area contributed by atoms with Crippen LogP contribution < -0.4 is 5.73 Å². The van der Waals surface area contributed by atoms with E-state index in [-0.39, 0.29) is 0 Å². The Morgan fingerprint density at radius 3 is 2.31 bits per heavy atom. The molecular weight excluding hydrogens is 546 g/mol. The van der Waals surface area contributed by atoms with Gasteiger partial charge in [-0.1, -0.05) is 122 Å². The van der Waals surface area contributed by atoms with E-state index < -0.39 is 0 Å². The zero-order valence-corrected chi connectivity index (χ0v) is 24.9. The molecule has 0 atom stereocenters. The number of allylic oxidation sites excluding steroid dienone is 6. The van der Waals surface area contributed by atoms with Crippen LogP contribution in [0.4, 0.5) is 0 Å². The number of nitrogens with one attached hydrogen (secondary N) is 1. The summed E-state index contributed by atoms with van der Waals surface area (Å²) in [6, 6.07) is 41.5. The second kappa shape index (κ2) is 12.0. The third-order valence-corrected chi connectivity index (χ3v) is 8.53. The molecule has 3 nitrogen and oxygen atoms in total. The van der Waals surface area contributed by atoms with Crippen molar-refractivity contribution < 1.29 is 0 Å². The second-order valence-electron chi connectivity index (χ2n) is 11.1. The number of benzene rings is 6. The zero-order chi connectivity index (χ0) is 30.8. The van der Waals surface area contributed by atoms with Crippen LogP contribution in [0, 0.1) is 5.41 Å². The Hall–Kier alpha value is -5.93. The third-order valence-electron chi connectivity index (χ3n) is 8.53. The van der Waals surface area contributed by atoms with Gasteiger partial charge in [0.15, 0.2) is 0 Å². The van der Waals surface area contributed by atoms with E-state index in [0.717, 1.165) is 39.6 Å². The summed E-state index contributed by atoms with van der Waals surface area (Å²) in [5, 5.41) is 15.1. The van der Waals surface area contributed by atoms with Crippen molar-refractivity contribution in [2.45, 2.75) is 6.42 Å². The molecule has 0 bridgehead atoms. The molecule has 216 valence electrons. The summed E-state index contributed by atoms with van der Waals surface area (Å²) < 4.78 is 2.41. The Bertz CT molecular complexity index is 2330. The number of para-hydroxylation sites is 1. The van der Waals surface area contributed by atoms with Gasteiger partial charge in [0.2, 0.25) is 0 Å². The van der Waals surface area contributed by atoms with Crippen LogP contribution in [0.25, 0.3) is 65.7 Å². The Labute approximate surface area is 263 Å². The number of rotatable bonds is 8. The fraction of sp³-hybridized carbons (Fsp3) is 0.0238. The summed E-state index contributed by atoms with van der Waals surface area (Å²) in [4.78, 5) is 0. The maximum Gasteiger partial charge on any atom is 0.0619 e. The average molecular weight is 580 g/mol. The van der Waals surface area contributed by atoms with Gasteiger partial charge in [-0.15, -0.1) is 0 Å². The van der Waals surface area contributed by atoms with E-state index in [9.17, 15) is 0 Å². The van der Waals surface area contributed by atoms with Crippen LogP contribution >= 0.6 is 0 Å². The molecule has 1 aromatic heterocycles. The first-order valence-corrected chi connectivity index (χ1v) is 15.2. The minimum Gasteiger partial charge on any atom is -0.405 e. The maximum atomic E-state index is 7.97. The zero-order valence-electron chi connectivity index (χ0n) is 24.9.